The van der Waals surface area contributed by atoms with Crippen molar-refractivity contribution in [2.75, 3.05) is 0 Å². The van der Waals surface area contributed by atoms with Gasteiger partial charge in [-0.1, -0.05) is 0 Å². The summed E-state index contributed by atoms with van der Waals surface area (Å²) in [5, 5.41) is 13.5. The molecule has 0 aliphatic carbocycles. The van der Waals surface area contributed by atoms with Gasteiger partial charge in [-0.25, -0.2) is 5.10 Å². The van der Waals surface area contributed by atoms with Crippen LogP contribution < -0.4 is 0 Å². The van der Waals surface area contributed by atoms with E-state index in [4.69, 9.17) is 0 Å². The fraction of sp³-hybridized carbons (Fsp3) is 0.167. The van der Waals surface area contributed by atoms with Crippen LogP contribution in [0.4, 0.5) is 13.2 Å². The Hall–Kier alpha value is -1.44. The molecule has 1 N–H and O–H groups in total. The van der Waals surface area contributed by atoms with E-state index < -0.39 is 11.7 Å². The highest BCUT2D eigenvalue weighted by Gasteiger charge is 2.35. The number of nitrogens with zero attached hydrogens (tertiary/aromatic N) is 3. The first-order valence-electron chi connectivity index (χ1n) is 3.48. The van der Waals surface area contributed by atoms with Gasteiger partial charge in [0.2, 0.25) is 0 Å². The van der Waals surface area contributed by atoms with Gasteiger partial charge in [0, 0.05) is 0 Å². The first-order chi connectivity index (χ1) is 6.59. The lowest BCUT2D eigenvalue weighted by atomic mass is 10.2. The molecule has 2 heterocycles. The van der Waals surface area contributed by atoms with Crippen molar-refractivity contribution >= 4 is 11.3 Å². The van der Waals surface area contributed by atoms with Crippen LogP contribution in [0.3, 0.4) is 0 Å². The van der Waals surface area contributed by atoms with E-state index in [-0.39, 0.29) is 10.7 Å². The van der Waals surface area contributed by atoms with Crippen LogP contribution in [0.15, 0.2) is 11.4 Å². The standard InChI is InChI=1S/C6H3F3N4S/c7-6(8,9)3-1-2-14-4(3)5-10-12-13-11-5/h1-2H,(H,10,11,12,13). The summed E-state index contributed by atoms with van der Waals surface area (Å²) in [6, 6.07) is 1.00. The second-order valence-corrected chi connectivity index (χ2v) is 3.33. The Morgan fingerprint density at radius 2 is 2.14 bits per heavy atom. The number of H-pyrrole nitrogens is 1. The number of thiophene rings is 1. The summed E-state index contributed by atoms with van der Waals surface area (Å²) in [7, 11) is 0. The highest BCUT2D eigenvalue weighted by molar-refractivity contribution is 7.13. The molecule has 0 radical (unpaired) electrons. The first kappa shape index (κ1) is 9.13. The van der Waals surface area contributed by atoms with Gasteiger partial charge in [0.05, 0.1) is 10.4 Å². The molecular formula is C6H3F3N4S. The van der Waals surface area contributed by atoms with E-state index in [2.05, 4.69) is 20.6 Å². The predicted octanol–water partition coefficient (Wildman–Crippen LogP) is 1.95. The quantitative estimate of drug-likeness (QED) is 0.799. The van der Waals surface area contributed by atoms with E-state index in [1.165, 1.54) is 5.38 Å². The molecular weight excluding hydrogens is 217 g/mol. The van der Waals surface area contributed by atoms with Crippen LogP contribution in [0.25, 0.3) is 10.7 Å². The minimum Gasteiger partial charge on any atom is -0.238 e. The second kappa shape index (κ2) is 3.05. The van der Waals surface area contributed by atoms with Gasteiger partial charge in [0.1, 0.15) is 0 Å². The number of halogens is 3. The van der Waals surface area contributed by atoms with Gasteiger partial charge in [-0.05, 0) is 21.9 Å². The van der Waals surface area contributed by atoms with E-state index in [1.807, 2.05) is 0 Å². The normalized spacial score (nSPS) is 11.9. The highest BCUT2D eigenvalue weighted by atomic mass is 32.1. The fourth-order valence-corrected chi connectivity index (χ4v) is 1.82. The van der Waals surface area contributed by atoms with E-state index in [0.29, 0.717) is 0 Å². The van der Waals surface area contributed by atoms with E-state index in [0.717, 1.165) is 17.4 Å². The lowest BCUT2D eigenvalue weighted by Crippen LogP contribution is -2.04. The van der Waals surface area contributed by atoms with Crippen molar-refractivity contribution in [2.24, 2.45) is 0 Å². The van der Waals surface area contributed by atoms with E-state index in [1.54, 1.807) is 0 Å². The summed E-state index contributed by atoms with van der Waals surface area (Å²) in [5.74, 6) is 0.0346. The first-order valence-corrected chi connectivity index (χ1v) is 4.36. The van der Waals surface area contributed by atoms with Gasteiger partial charge >= 0.3 is 6.18 Å². The Balaban J connectivity index is 2.51. The van der Waals surface area contributed by atoms with Crippen LogP contribution >= 0.6 is 11.3 Å². The van der Waals surface area contributed by atoms with Crippen LogP contribution in [-0.4, -0.2) is 20.6 Å². The van der Waals surface area contributed by atoms with Gasteiger partial charge in [-0.2, -0.15) is 13.2 Å². The van der Waals surface area contributed by atoms with Crippen molar-refractivity contribution in [3.05, 3.63) is 17.0 Å². The smallest absolute Gasteiger partial charge is 0.238 e. The maximum Gasteiger partial charge on any atom is 0.417 e. The molecule has 0 amide bonds. The van der Waals surface area contributed by atoms with Gasteiger partial charge in [0.25, 0.3) is 0 Å². The minimum absolute atomic E-state index is 0.00231. The van der Waals surface area contributed by atoms with Crippen LogP contribution in [0, 0.1) is 0 Å². The number of tetrazole rings is 1. The molecule has 0 fully saturated rings. The van der Waals surface area contributed by atoms with Crippen LogP contribution in [-0.2, 0) is 6.18 Å². The van der Waals surface area contributed by atoms with Crippen LogP contribution in [0.1, 0.15) is 5.56 Å². The van der Waals surface area contributed by atoms with E-state index in [9.17, 15) is 13.2 Å². The number of hydrogen-bond acceptors (Lipinski definition) is 4. The molecule has 0 saturated carbocycles. The average Bonchev–Trinajstić information content (AvgIpc) is 2.73. The fourth-order valence-electron chi connectivity index (χ4n) is 0.971. The van der Waals surface area contributed by atoms with Gasteiger partial charge in [0.15, 0.2) is 5.82 Å². The third kappa shape index (κ3) is 1.48. The van der Waals surface area contributed by atoms with E-state index >= 15 is 0 Å². The van der Waals surface area contributed by atoms with Gasteiger partial charge in [-0.15, -0.1) is 16.4 Å². The summed E-state index contributed by atoms with van der Waals surface area (Å²) >= 11 is 0.940. The lowest BCUT2D eigenvalue weighted by molar-refractivity contribution is -0.136. The van der Waals surface area contributed by atoms with Crippen LogP contribution in [0.5, 0.6) is 0 Å². The molecule has 0 aliphatic rings. The Morgan fingerprint density at radius 1 is 1.36 bits per heavy atom. The molecule has 4 nitrogen and oxygen atoms in total. The molecule has 0 bridgehead atoms. The van der Waals surface area contributed by atoms with Crippen molar-refractivity contribution in [1.82, 2.24) is 20.6 Å². The zero-order valence-electron chi connectivity index (χ0n) is 6.54. The molecule has 74 valence electrons. The number of aromatic amines is 1. The van der Waals surface area contributed by atoms with Gasteiger partial charge < -0.3 is 0 Å². The number of rotatable bonds is 1. The summed E-state index contributed by atoms with van der Waals surface area (Å²) < 4.78 is 37.2. The molecule has 0 aromatic carbocycles. The third-order valence-electron chi connectivity index (χ3n) is 1.53. The summed E-state index contributed by atoms with van der Waals surface area (Å²) in [5.41, 5.74) is -0.721. The highest BCUT2D eigenvalue weighted by Crippen LogP contribution is 2.38. The number of hydrogen-bond donors (Lipinski definition) is 1. The number of aromatic nitrogens is 4. The molecule has 2 aromatic rings. The Morgan fingerprint density at radius 3 is 2.71 bits per heavy atom. The molecule has 0 atom stereocenters. The maximum atomic E-state index is 12.4. The topological polar surface area (TPSA) is 54.5 Å². The van der Waals surface area contributed by atoms with Crippen molar-refractivity contribution in [2.45, 2.75) is 6.18 Å². The van der Waals surface area contributed by atoms with Gasteiger partial charge in [-0.3, -0.25) is 0 Å². The van der Waals surface area contributed by atoms with Crippen molar-refractivity contribution in [1.29, 1.82) is 0 Å². The number of alkyl halides is 3. The van der Waals surface area contributed by atoms with Crippen molar-refractivity contribution in [3.8, 4) is 10.7 Å². The average molecular weight is 220 g/mol. The summed E-state index contributed by atoms with van der Waals surface area (Å²) in [6.07, 6.45) is -4.37. The number of nitrogens with one attached hydrogen (secondary N) is 1. The molecule has 0 saturated heterocycles. The zero-order valence-corrected chi connectivity index (χ0v) is 7.35. The molecule has 2 rings (SSSR count). The summed E-state index contributed by atoms with van der Waals surface area (Å²) in [6.45, 7) is 0. The molecule has 14 heavy (non-hydrogen) atoms. The molecule has 8 heteroatoms. The predicted molar refractivity (Wildman–Crippen MR) is 42.5 cm³/mol. The lowest BCUT2D eigenvalue weighted by Gasteiger charge is -2.04. The summed E-state index contributed by atoms with van der Waals surface area (Å²) in [4.78, 5) is 0.00231. The SMILES string of the molecule is FC(F)(F)c1ccsc1-c1nnn[nH]1. The minimum atomic E-state index is -4.37. The monoisotopic (exact) mass is 220 g/mol. The second-order valence-electron chi connectivity index (χ2n) is 2.41. The van der Waals surface area contributed by atoms with Crippen molar-refractivity contribution < 1.29 is 13.2 Å². The molecule has 0 aliphatic heterocycles. The molecule has 0 unspecified atom stereocenters. The molecule has 0 spiro atoms. The van der Waals surface area contributed by atoms with Crippen molar-refractivity contribution in [3.63, 3.8) is 0 Å². The third-order valence-corrected chi connectivity index (χ3v) is 2.45. The largest absolute Gasteiger partial charge is 0.417 e. The van der Waals surface area contributed by atoms with Crippen LogP contribution in [0.2, 0.25) is 0 Å². The zero-order chi connectivity index (χ0) is 10.2. The Labute approximate surface area is 79.8 Å². The Kier molecular flexibility index (Phi) is 1.99. The molecule has 2 aromatic heterocycles. The maximum absolute atomic E-state index is 12.4. The Bertz CT molecular complexity index is 418.